The van der Waals surface area contributed by atoms with Gasteiger partial charge in [-0.3, -0.25) is 9.10 Å². The highest BCUT2D eigenvalue weighted by Gasteiger charge is 2.26. The number of aryl methyl sites for hydroxylation is 2. The molecule has 0 aromatic heterocycles. The van der Waals surface area contributed by atoms with Gasteiger partial charge in [0.25, 0.3) is 0 Å². The number of carbonyl (C=O) groups is 1. The standard InChI is InChI=1S/C22H26N2O5S/c1-3-30(26,27)24(19-9-10-20-21(12-19)29-14-28-20)13-22(25)23-15(2)17-8-7-16-5-4-6-18(16)11-17/h7-12,15H,3-6,13-14H2,1-2H3,(H,23,25)/t15-/m0/s1. The lowest BCUT2D eigenvalue weighted by Gasteiger charge is -2.24. The Morgan fingerprint density at radius 2 is 1.87 bits per heavy atom. The number of nitrogens with zero attached hydrogens (tertiary/aromatic N) is 1. The van der Waals surface area contributed by atoms with Crippen molar-refractivity contribution < 1.29 is 22.7 Å². The van der Waals surface area contributed by atoms with Crippen LogP contribution in [0.3, 0.4) is 0 Å². The summed E-state index contributed by atoms with van der Waals surface area (Å²) in [5, 5.41) is 2.94. The number of rotatable bonds is 7. The molecule has 1 N–H and O–H groups in total. The summed E-state index contributed by atoms with van der Waals surface area (Å²) in [5.74, 6) is 0.547. The Morgan fingerprint density at radius 3 is 2.67 bits per heavy atom. The monoisotopic (exact) mass is 430 g/mol. The maximum atomic E-state index is 12.8. The van der Waals surface area contributed by atoms with Crippen LogP contribution in [0.5, 0.6) is 11.5 Å². The molecule has 2 aromatic rings. The lowest BCUT2D eigenvalue weighted by Crippen LogP contribution is -2.42. The quantitative estimate of drug-likeness (QED) is 0.730. The van der Waals surface area contributed by atoms with E-state index in [9.17, 15) is 13.2 Å². The van der Waals surface area contributed by atoms with E-state index < -0.39 is 10.0 Å². The molecule has 2 aliphatic rings. The first-order chi connectivity index (χ1) is 14.4. The highest BCUT2D eigenvalue weighted by Crippen LogP contribution is 2.36. The minimum atomic E-state index is -3.66. The fourth-order valence-corrected chi connectivity index (χ4v) is 4.97. The van der Waals surface area contributed by atoms with Gasteiger partial charge in [0, 0.05) is 6.07 Å². The Labute approximate surface area is 177 Å². The third-order valence-electron chi connectivity index (χ3n) is 5.63. The molecule has 1 aliphatic carbocycles. The van der Waals surface area contributed by atoms with Crippen molar-refractivity contribution in [2.24, 2.45) is 0 Å². The second-order valence-corrected chi connectivity index (χ2v) is 9.80. The zero-order valence-corrected chi connectivity index (χ0v) is 18.0. The first kappa shape index (κ1) is 20.5. The van der Waals surface area contributed by atoms with Crippen molar-refractivity contribution in [3.8, 4) is 11.5 Å². The lowest BCUT2D eigenvalue weighted by atomic mass is 10.0. The minimum Gasteiger partial charge on any atom is -0.454 e. The highest BCUT2D eigenvalue weighted by molar-refractivity contribution is 7.92. The summed E-state index contributed by atoms with van der Waals surface area (Å²) in [5.41, 5.74) is 4.11. The van der Waals surface area contributed by atoms with Crippen LogP contribution in [0.4, 0.5) is 5.69 Å². The molecule has 0 spiro atoms. The van der Waals surface area contributed by atoms with Gasteiger partial charge in [0.05, 0.1) is 17.5 Å². The minimum absolute atomic E-state index is 0.0953. The molecule has 8 heteroatoms. The van der Waals surface area contributed by atoms with Gasteiger partial charge in [-0.05, 0) is 61.9 Å². The van der Waals surface area contributed by atoms with Crippen LogP contribution in [-0.2, 0) is 27.7 Å². The van der Waals surface area contributed by atoms with E-state index in [4.69, 9.17) is 9.47 Å². The van der Waals surface area contributed by atoms with Crippen LogP contribution in [0.1, 0.15) is 43.0 Å². The molecule has 30 heavy (non-hydrogen) atoms. The van der Waals surface area contributed by atoms with Gasteiger partial charge in [0.15, 0.2) is 11.5 Å². The third-order valence-corrected chi connectivity index (χ3v) is 7.37. The number of amides is 1. The van der Waals surface area contributed by atoms with Crippen LogP contribution >= 0.6 is 0 Å². The van der Waals surface area contributed by atoms with Crippen LogP contribution in [0.2, 0.25) is 0 Å². The van der Waals surface area contributed by atoms with E-state index in [1.807, 2.05) is 13.0 Å². The normalized spacial score (nSPS) is 15.5. The first-order valence-electron chi connectivity index (χ1n) is 10.2. The van der Waals surface area contributed by atoms with Gasteiger partial charge in [0.1, 0.15) is 6.54 Å². The van der Waals surface area contributed by atoms with E-state index in [2.05, 4.69) is 17.4 Å². The van der Waals surface area contributed by atoms with Crippen molar-refractivity contribution in [2.45, 2.75) is 39.2 Å². The Hall–Kier alpha value is -2.74. The molecule has 1 amide bonds. The average molecular weight is 431 g/mol. The van der Waals surface area contributed by atoms with Crippen molar-refractivity contribution in [1.82, 2.24) is 5.32 Å². The number of hydrogen-bond donors (Lipinski definition) is 1. The maximum absolute atomic E-state index is 12.8. The number of nitrogens with one attached hydrogen (secondary N) is 1. The predicted octanol–water partition coefficient (Wildman–Crippen LogP) is 2.94. The van der Waals surface area contributed by atoms with Crippen molar-refractivity contribution >= 4 is 21.6 Å². The van der Waals surface area contributed by atoms with Crippen LogP contribution in [0.25, 0.3) is 0 Å². The Balaban J connectivity index is 1.50. The maximum Gasteiger partial charge on any atom is 0.241 e. The van der Waals surface area contributed by atoms with Crippen molar-refractivity contribution in [2.75, 3.05) is 23.4 Å². The molecular formula is C22H26N2O5S. The van der Waals surface area contributed by atoms with Gasteiger partial charge in [0.2, 0.25) is 22.7 Å². The molecule has 7 nitrogen and oxygen atoms in total. The summed E-state index contributed by atoms with van der Waals surface area (Å²) in [6.45, 7) is 3.26. The molecule has 0 radical (unpaired) electrons. The van der Waals surface area contributed by atoms with Crippen LogP contribution in [0, 0.1) is 0 Å². The summed E-state index contributed by atoms with van der Waals surface area (Å²) in [6.07, 6.45) is 3.34. The molecular weight excluding hydrogens is 404 g/mol. The summed E-state index contributed by atoms with van der Waals surface area (Å²) >= 11 is 0. The van der Waals surface area contributed by atoms with E-state index in [0.717, 1.165) is 22.7 Å². The summed E-state index contributed by atoms with van der Waals surface area (Å²) in [7, 11) is -3.66. The van der Waals surface area contributed by atoms with E-state index >= 15 is 0 Å². The van der Waals surface area contributed by atoms with E-state index in [0.29, 0.717) is 17.2 Å². The first-order valence-corrected chi connectivity index (χ1v) is 11.8. The molecule has 1 heterocycles. The van der Waals surface area contributed by atoms with Crippen LogP contribution < -0.4 is 19.1 Å². The Morgan fingerprint density at radius 1 is 1.10 bits per heavy atom. The molecule has 2 aromatic carbocycles. The predicted molar refractivity (Wildman–Crippen MR) is 114 cm³/mol. The average Bonchev–Trinajstić information content (AvgIpc) is 3.39. The number of hydrogen-bond acceptors (Lipinski definition) is 5. The highest BCUT2D eigenvalue weighted by atomic mass is 32.2. The molecule has 1 aliphatic heterocycles. The van der Waals surface area contributed by atoms with Gasteiger partial charge in [-0.1, -0.05) is 18.2 Å². The molecule has 0 saturated heterocycles. The van der Waals surface area contributed by atoms with Gasteiger partial charge < -0.3 is 14.8 Å². The second-order valence-electron chi connectivity index (χ2n) is 7.62. The zero-order chi connectivity index (χ0) is 21.3. The molecule has 1 atom stereocenters. The third kappa shape index (κ3) is 4.09. The zero-order valence-electron chi connectivity index (χ0n) is 17.2. The number of ether oxygens (including phenoxy) is 2. The topological polar surface area (TPSA) is 84.9 Å². The largest absolute Gasteiger partial charge is 0.454 e. The number of sulfonamides is 1. The summed E-state index contributed by atoms with van der Waals surface area (Å²) in [4.78, 5) is 12.8. The number of anilines is 1. The van der Waals surface area contributed by atoms with E-state index in [-0.39, 0.29) is 31.0 Å². The van der Waals surface area contributed by atoms with E-state index in [1.165, 1.54) is 17.5 Å². The SMILES string of the molecule is CCS(=O)(=O)N(CC(=O)N[C@@H](C)c1ccc2c(c1)CCC2)c1ccc2c(c1)OCO2. The molecule has 0 fully saturated rings. The second kappa shape index (κ2) is 8.18. The number of fused-ring (bicyclic) bond motifs is 2. The molecule has 4 rings (SSSR count). The van der Waals surface area contributed by atoms with Gasteiger partial charge in [-0.25, -0.2) is 8.42 Å². The number of carbonyl (C=O) groups excluding carboxylic acids is 1. The number of benzene rings is 2. The van der Waals surface area contributed by atoms with Gasteiger partial charge in [-0.2, -0.15) is 0 Å². The molecule has 0 bridgehead atoms. The van der Waals surface area contributed by atoms with Gasteiger partial charge in [-0.15, -0.1) is 0 Å². The summed E-state index contributed by atoms with van der Waals surface area (Å²) in [6, 6.07) is 11.0. The van der Waals surface area contributed by atoms with Crippen molar-refractivity contribution in [3.63, 3.8) is 0 Å². The smallest absolute Gasteiger partial charge is 0.241 e. The lowest BCUT2D eigenvalue weighted by molar-refractivity contribution is -0.120. The molecule has 0 unspecified atom stereocenters. The Kier molecular flexibility index (Phi) is 5.60. The van der Waals surface area contributed by atoms with Crippen molar-refractivity contribution in [3.05, 3.63) is 53.1 Å². The Bertz CT molecular complexity index is 1070. The van der Waals surface area contributed by atoms with Crippen LogP contribution in [-0.4, -0.2) is 33.4 Å². The summed E-state index contributed by atoms with van der Waals surface area (Å²) < 4.78 is 37.2. The molecule has 160 valence electrons. The van der Waals surface area contributed by atoms with Gasteiger partial charge >= 0.3 is 0 Å². The molecule has 0 saturated carbocycles. The fraction of sp³-hybridized carbons (Fsp3) is 0.409. The fourth-order valence-electron chi connectivity index (χ4n) is 3.91. The van der Waals surface area contributed by atoms with E-state index in [1.54, 1.807) is 25.1 Å². The van der Waals surface area contributed by atoms with Crippen LogP contribution in [0.15, 0.2) is 36.4 Å². The van der Waals surface area contributed by atoms with Crippen molar-refractivity contribution in [1.29, 1.82) is 0 Å².